The van der Waals surface area contributed by atoms with Crippen molar-refractivity contribution in [3.8, 4) is 11.6 Å². The molecule has 0 radical (unpaired) electrons. The van der Waals surface area contributed by atoms with Crippen LogP contribution in [0.5, 0.6) is 0 Å². The van der Waals surface area contributed by atoms with Crippen molar-refractivity contribution in [2.24, 2.45) is 0 Å². The third-order valence-corrected chi connectivity index (χ3v) is 5.27. The second kappa shape index (κ2) is 7.12. The molecule has 1 fully saturated rings. The number of benzene rings is 1. The Morgan fingerprint density at radius 3 is 3.07 bits per heavy atom. The van der Waals surface area contributed by atoms with E-state index < -0.39 is 0 Å². The van der Waals surface area contributed by atoms with Crippen molar-refractivity contribution in [3.05, 3.63) is 60.1 Å². The van der Waals surface area contributed by atoms with Crippen LogP contribution in [0.15, 0.2) is 51.9 Å². The summed E-state index contributed by atoms with van der Waals surface area (Å²) in [5.74, 6) is 0.980. The predicted octanol–water partition coefficient (Wildman–Crippen LogP) is 3.14. The molecule has 0 bridgehead atoms. The smallest absolute Gasteiger partial charge is 0.267 e. The summed E-state index contributed by atoms with van der Waals surface area (Å²) < 4.78 is 11.4. The van der Waals surface area contributed by atoms with Gasteiger partial charge in [0.2, 0.25) is 11.8 Å². The number of fused-ring (bicyclic) bond motifs is 1. The summed E-state index contributed by atoms with van der Waals surface area (Å²) in [5.41, 5.74) is 3.40. The second-order valence-electron chi connectivity index (χ2n) is 7.30. The van der Waals surface area contributed by atoms with Gasteiger partial charge in [-0.1, -0.05) is 12.1 Å². The van der Waals surface area contributed by atoms with Gasteiger partial charge < -0.3 is 13.7 Å². The number of aromatic nitrogens is 4. The van der Waals surface area contributed by atoms with Crippen LogP contribution in [0.4, 0.5) is 0 Å². The highest BCUT2D eigenvalue weighted by atomic mass is 16.4. The maximum atomic E-state index is 12.8. The molecule has 1 amide bonds. The zero-order valence-corrected chi connectivity index (χ0v) is 15.9. The van der Waals surface area contributed by atoms with Crippen LogP contribution in [0.25, 0.3) is 22.6 Å². The Kier molecular flexibility index (Phi) is 4.31. The lowest BCUT2D eigenvalue weighted by Crippen LogP contribution is -2.29. The Hall–Kier alpha value is -3.55. The largest absolute Gasteiger partial charge is 0.464 e. The van der Waals surface area contributed by atoms with Crippen LogP contribution in [-0.4, -0.2) is 44.1 Å². The Balaban J connectivity index is 1.27. The van der Waals surface area contributed by atoms with Gasteiger partial charge in [0.05, 0.1) is 24.8 Å². The van der Waals surface area contributed by atoms with Crippen molar-refractivity contribution >= 4 is 16.9 Å². The normalized spacial score (nSPS) is 16.6. The van der Waals surface area contributed by atoms with Crippen LogP contribution >= 0.6 is 0 Å². The number of hydrogen-bond acceptors (Lipinski definition) is 7. The predicted molar refractivity (Wildman–Crippen MR) is 104 cm³/mol. The second-order valence-corrected chi connectivity index (χ2v) is 7.30. The number of hydrogen-bond donors (Lipinski definition) is 0. The van der Waals surface area contributed by atoms with E-state index in [0.717, 1.165) is 28.5 Å². The highest BCUT2D eigenvalue weighted by Crippen LogP contribution is 2.29. The lowest BCUT2D eigenvalue weighted by atomic mass is 10.1. The first-order chi connectivity index (χ1) is 14.2. The van der Waals surface area contributed by atoms with Gasteiger partial charge in [0.1, 0.15) is 11.3 Å². The van der Waals surface area contributed by atoms with Gasteiger partial charge in [-0.3, -0.25) is 9.78 Å². The Labute approximate surface area is 166 Å². The molecule has 1 saturated heterocycles. The zero-order valence-electron chi connectivity index (χ0n) is 15.9. The number of carbonyl (C=O) groups is 1. The molecule has 0 spiro atoms. The maximum Gasteiger partial charge on any atom is 0.267 e. The average Bonchev–Trinajstić information content (AvgIpc) is 3.48. The molecule has 4 heterocycles. The minimum Gasteiger partial charge on any atom is -0.464 e. The number of likely N-dealkylation sites (tertiary alicyclic amines) is 1. The van der Waals surface area contributed by atoms with Gasteiger partial charge in [-0.2, -0.15) is 0 Å². The Morgan fingerprint density at radius 2 is 2.21 bits per heavy atom. The fraction of sp³-hybridized carbons (Fsp3) is 0.286. The van der Waals surface area contributed by atoms with Crippen molar-refractivity contribution in [1.29, 1.82) is 0 Å². The number of rotatable bonds is 4. The third-order valence-electron chi connectivity index (χ3n) is 5.27. The van der Waals surface area contributed by atoms with Gasteiger partial charge in [-0.25, -0.2) is 4.98 Å². The van der Waals surface area contributed by atoms with Gasteiger partial charge >= 0.3 is 0 Å². The maximum absolute atomic E-state index is 12.8. The number of furan rings is 1. The van der Waals surface area contributed by atoms with Crippen LogP contribution in [0.3, 0.4) is 0 Å². The molecule has 8 nitrogen and oxygen atoms in total. The molecule has 8 heteroatoms. The molecule has 1 unspecified atom stereocenters. The van der Waals surface area contributed by atoms with E-state index in [2.05, 4.69) is 20.2 Å². The fourth-order valence-corrected chi connectivity index (χ4v) is 3.70. The van der Waals surface area contributed by atoms with Crippen LogP contribution in [0.1, 0.15) is 29.4 Å². The Bertz CT molecular complexity index is 1170. The molecular weight excluding hydrogens is 370 g/mol. The minimum atomic E-state index is 0.0283. The van der Waals surface area contributed by atoms with E-state index in [1.54, 1.807) is 24.9 Å². The molecule has 0 saturated carbocycles. The highest BCUT2D eigenvalue weighted by Gasteiger charge is 2.31. The van der Waals surface area contributed by atoms with E-state index in [4.69, 9.17) is 8.83 Å². The summed E-state index contributed by atoms with van der Waals surface area (Å²) in [7, 11) is 0. The molecule has 0 aliphatic carbocycles. The first-order valence-corrected chi connectivity index (χ1v) is 9.51. The molecule has 0 N–H and O–H groups in total. The van der Waals surface area contributed by atoms with Crippen molar-refractivity contribution in [1.82, 2.24) is 25.1 Å². The van der Waals surface area contributed by atoms with E-state index in [0.29, 0.717) is 37.0 Å². The zero-order chi connectivity index (χ0) is 19.8. The Morgan fingerprint density at radius 1 is 1.28 bits per heavy atom. The van der Waals surface area contributed by atoms with Gasteiger partial charge in [-0.05, 0) is 25.0 Å². The van der Waals surface area contributed by atoms with Gasteiger partial charge in [0.15, 0.2) is 0 Å². The number of amides is 1. The van der Waals surface area contributed by atoms with Crippen molar-refractivity contribution in [3.63, 3.8) is 0 Å². The summed E-state index contributed by atoms with van der Waals surface area (Å²) in [4.78, 5) is 22.9. The van der Waals surface area contributed by atoms with Crippen molar-refractivity contribution in [2.45, 2.75) is 25.7 Å². The van der Waals surface area contributed by atoms with Gasteiger partial charge in [0.25, 0.3) is 5.89 Å². The van der Waals surface area contributed by atoms with Crippen LogP contribution < -0.4 is 0 Å². The quantitative estimate of drug-likeness (QED) is 0.529. The molecule has 1 atom stereocenters. The van der Waals surface area contributed by atoms with E-state index in [1.165, 1.54) is 0 Å². The van der Waals surface area contributed by atoms with Crippen LogP contribution in [-0.2, 0) is 11.2 Å². The molecule has 3 aromatic heterocycles. The number of nitrogens with zero attached hydrogens (tertiary/aromatic N) is 5. The molecule has 5 rings (SSSR count). The molecule has 1 aliphatic heterocycles. The molecule has 1 aliphatic rings. The SMILES string of the molecule is Cc1ccc2c(CC(=O)N3CCC(c4nnc(-c5cnccn5)o4)C3)coc2c1. The third kappa shape index (κ3) is 3.37. The standard InChI is InChI=1S/C21H19N5O3/c1-13-2-3-16-15(12-28-18(16)8-13)9-19(27)26-7-4-14(11-26)20-24-25-21(29-20)17-10-22-5-6-23-17/h2-3,5-6,8,10,12,14H,4,7,9,11H2,1H3. The molecule has 29 heavy (non-hydrogen) atoms. The topological polar surface area (TPSA) is 98.2 Å². The van der Waals surface area contributed by atoms with Crippen LogP contribution in [0, 0.1) is 6.92 Å². The summed E-state index contributed by atoms with van der Waals surface area (Å²) in [6, 6.07) is 6.03. The van der Waals surface area contributed by atoms with E-state index in [-0.39, 0.29) is 11.8 Å². The van der Waals surface area contributed by atoms with Crippen LogP contribution in [0.2, 0.25) is 0 Å². The van der Waals surface area contributed by atoms with Crippen molar-refractivity contribution < 1.29 is 13.6 Å². The molecule has 1 aromatic carbocycles. The summed E-state index contributed by atoms with van der Waals surface area (Å²) in [6.45, 7) is 3.25. The monoisotopic (exact) mass is 389 g/mol. The summed E-state index contributed by atoms with van der Waals surface area (Å²) >= 11 is 0. The average molecular weight is 389 g/mol. The van der Waals surface area contributed by atoms with E-state index in [1.807, 2.05) is 30.0 Å². The summed E-state index contributed by atoms with van der Waals surface area (Å²) in [6.07, 6.45) is 7.54. The lowest BCUT2D eigenvalue weighted by molar-refractivity contribution is -0.129. The molecule has 146 valence electrons. The van der Waals surface area contributed by atoms with E-state index in [9.17, 15) is 4.79 Å². The number of carbonyl (C=O) groups excluding carboxylic acids is 1. The van der Waals surface area contributed by atoms with Gasteiger partial charge in [0, 0.05) is 36.4 Å². The van der Waals surface area contributed by atoms with Gasteiger partial charge in [-0.15, -0.1) is 10.2 Å². The first kappa shape index (κ1) is 17.5. The molecular formula is C21H19N5O3. The van der Waals surface area contributed by atoms with E-state index >= 15 is 0 Å². The number of aryl methyl sites for hydroxylation is 1. The highest BCUT2D eigenvalue weighted by molar-refractivity contribution is 5.88. The first-order valence-electron chi connectivity index (χ1n) is 9.51. The minimum absolute atomic E-state index is 0.0283. The fourth-order valence-electron chi connectivity index (χ4n) is 3.70. The molecule has 4 aromatic rings. The summed E-state index contributed by atoms with van der Waals surface area (Å²) in [5, 5.41) is 9.21. The lowest BCUT2D eigenvalue weighted by Gasteiger charge is -2.15. The van der Waals surface area contributed by atoms with Crippen molar-refractivity contribution in [2.75, 3.05) is 13.1 Å².